The molecule has 0 spiro atoms. The van der Waals surface area contributed by atoms with Crippen molar-refractivity contribution in [3.8, 4) is 11.4 Å². The summed E-state index contributed by atoms with van der Waals surface area (Å²) in [5.74, 6) is 0. The molecule has 2 rings (SSSR count). The lowest BCUT2D eigenvalue weighted by Gasteiger charge is -2.12. The highest BCUT2D eigenvalue weighted by molar-refractivity contribution is 6.33. The molecule has 2 aromatic heterocycles. The number of aromatic nitrogens is 3. The summed E-state index contributed by atoms with van der Waals surface area (Å²) < 4.78 is 40.0. The zero-order chi connectivity index (χ0) is 15.2. The van der Waals surface area contributed by atoms with Crippen LogP contribution in [-0.4, -0.2) is 14.8 Å². The molecule has 108 valence electrons. The summed E-state index contributed by atoms with van der Waals surface area (Å²) in [4.78, 5) is 4.04. The van der Waals surface area contributed by atoms with Crippen molar-refractivity contribution in [3.63, 3.8) is 0 Å². The van der Waals surface area contributed by atoms with Crippen LogP contribution in [-0.2, 0) is 13.2 Å². The fourth-order valence-electron chi connectivity index (χ4n) is 1.97. The first kappa shape index (κ1) is 14.8. The van der Waals surface area contributed by atoms with Crippen LogP contribution in [0.3, 0.4) is 0 Å². The molecular formula is C13H13ClF3N3. The van der Waals surface area contributed by atoms with Crippen LogP contribution in [0.2, 0.25) is 5.02 Å². The van der Waals surface area contributed by atoms with Crippen LogP contribution < -0.4 is 0 Å². The number of nitrogens with zero attached hydrogens (tertiary/aromatic N) is 3. The van der Waals surface area contributed by atoms with E-state index in [0.717, 1.165) is 11.8 Å². The number of rotatable bonds is 1. The van der Waals surface area contributed by atoms with Gasteiger partial charge in [-0.2, -0.15) is 18.3 Å². The first-order chi connectivity index (χ1) is 9.12. The van der Waals surface area contributed by atoms with E-state index in [1.165, 1.54) is 6.92 Å². The van der Waals surface area contributed by atoms with E-state index in [2.05, 4.69) is 10.1 Å². The predicted molar refractivity (Wildman–Crippen MR) is 70.7 cm³/mol. The van der Waals surface area contributed by atoms with E-state index in [4.69, 9.17) is 11.6 Å². The highest BCUT2D eigenvalue weighted by atomic mass is 35.5. The van der Waals surface area contributed by atoms with Crippen molar-refractivity contribution in [2.75, 3.05) is 0 Å². The monoisotopic (exact) mass is 303 g/mol. The summed E-state index contributed by atoms with van der Waals surface area (Å²) in [5.41, 5.74) is 1.09. The molecule has 7 heteroatoms. The second-order valence-electron chi connectivity index (χ2n) is 4.66. The highest BCUT2D eigenvalue weighted by Crippen LogP contribution is 2.36. The number of halogens is 4. The zero-order valence-corrected chi connectivity index (χ0v) is 12.2. The van der Waals surface area contributed by atoms with Gasteiger partial charge in [-0.3, -0.25) is 9.67 Å². The Kier molecular flexibility index (Phi) is 3.54. The van der Waals surface area contributed by atoms with Gasteiger partial charge in [0.25, 0.3) is 0 Å². The second kappa shape index (κ2) is 4.77. The Morgan fingerprint density at radius 2 is 1.75 bits per heavy atom. The smallest absolute Gasteiger partial charge is 0.271 e. The van der Waals surface area contributed by atoms with Gasteiger partial charge in [0.15, 0.2) is 0 Å². The minimum absolute atomic E-state index is 0.0857. The van der Waals surface area contributed by atoms with E-state index < -0.39 is 11.7 Å². The molecule has 0 amide bonds. The molecule has 0 N–H and O–H groups in total. The lowest BCUT2D eigenvalue weighted by Crippen LogP contribution is -2.10. The van der Waals surface area contributed by atoms with E-state index in [9.17, 15) is 13.2 Å². The zero-order valence-electron chi connectivity index (χ0n) is 11.4. The summed E-state index contributed by atoms with van der Waals surface area (Å²) in [6.07, 6.45) is -4.41. The van der Waals surface area contributed by atoms with Gasteiger partial charge in [0.05, 0.1) is 27.7 Å². The standard InChI is InChI=1S/C13H13ClF3N3/c1-6-5-9(13(15,16)17)7(2)18-11(6)12-10(14)8(3)20(4)19-12/h5H,1-4H3. The lowest BCUT2D eigenvalue weighted by atomic mass is 10.1. The van der Waals surface area contributed by atoms with E-state index in [0.29, 0.717) is 22.0 Å². The van der Waals surface area contributed by atoms with Gasteiger partial charge < -0.3 is 0 Å². The molecule has 3 nitrogen and oxygen atoms in total. The number of alkyl halides is 3. The van der Waals surface area contributed by atoms with Crippen LogP contribution in [0.15, 0.2) is 6.07 Å². The molecule has 0 radical (unpaired) electrons. The van der Waals surface area contributed by atoms with Crippen molar-refractivity contribution in [2.24, 2.45) is 7.05 Å². The predicted octanol–water partition coefficient (Wildman–Crippen LogP) is 4.08. The third-order valence-electron chi connectivity index (χ3n) is 3.19. The van der Waals surface area contributed by atoms with Crippen molar-refractivity contribution in [3.05, 3.63) is 33.6 Å². The van der Waals surface area contributed by atoms with Gasteiger partial charge in [-0.05, 0) is 32.4 Å². The molecule has 0 saturated heterocycles. The molecule has 0 aliphatic heterocycles. The summed E-state index contributed by atoms with van der Waals surface area (Å²) in [7, 11) is 1.72. The number of hydrogen-bond acceptors (Lipinski definition) is 2. The Hall–Kier alpha value is -1.56. The molecular weight excluding hydrogens is 291 g/mol. The molecule has 0 aliphatic rings. The van der Waals surface area contributed by atoms with Gasteiger partial charge in [-0.25, -0.2) is 0 Å². The topological polar surface area (TPSA) is 30.7 Å². The Balaban J connectivity index is 2.65. The van der Waals surface area contributed by atoms with E-state index >= 15 is 0 Å². The average molecular weight is 304 g/mol. The van der Waals surface area contributed by atoms with Crippen LogP contribution >= 0.6 is 11.6 Å². The van der Waals surface area contributed by atoms with Crippen LogP contribution in [0.5, 0.6) is 0 Å². The van der Waals surface area contributed by atoms with Crippen molar-refractivity contribution >= 4 is 11.6 Å². The molecule has 0 bridgehead atoms. The van der Waals surface area contributed by atoms with E-state index in [-0.39, 0.29) is 5.69 Å². The van der Waals surface area contributed by atoms with Gasteiger partial charge in [-0.15, -0.1) is 0 Å². The largest absolute Gasteiger partial charge is 0.418 e. The van der Waals surface area contributed by atoms with E-state index in [1.54, 1.807) is 25.6 Å². The number of pyridine rings is 1. The Labute approximate surface area is 119 Å². The minimum Gasteiger partial charge on any atom is -0.271 e. The molecule has 2 heterocycles. The van der Waals surface area contributed by atoms with Crippen LogP contribution in [0, 0.1) is 20.8 Å². The molecule has 0 saturated carbocycles. The van der Waals surface area contributed by atoms with Gasteiger partial charge in [0.2, 0.25) is 0 Å². The molecule has 2 aromatic rings. The minimum atomic E-state index is -4.41. The molecule has 20 heavy (non-hydrogen) atoms. The Bertz CT molecular complexity index is 674. The first-order valence-corrected chi connectivity index (χ1v) is 6.25. The summed E-state index contributed by atoms with van der Waals surface area (Å²) >= 11 is 6.16. The van der Waals surface area contributed by atoms with Crippen molar-refractivity contribution in [1.29, 1.82) is 0 Å². The Morgan fingerprint density at radius 1 is 1.15 bits per heavy atom. The van der Waals surface area contributed by atoms with Crippen LogP contribution in [0.1, 0.15) is 22.5 Å². The molecule has 0 atom stereocenters. The van der Waals surface area contributed by atoms with Crippen LogP contribution in [0.4, 0.5) is 13.2 Å². The highest BCUT2D eigenvalue weighted by Gasteiger charge is 2.34. The maximum atomic E-state index is 12.8. The molecule has 0 fully saturated rings. The van der Waals surface area contributed by atoms with Crippen LogP contribution in [0.25, 0.3) is 11.4 Å². The molecule has 0 aliphatic carbocycles. The van der Waals surface area contributed by atoms with Gasteiger partial charge in [-0.1, -0.05) is 11.6 Å². The maximum absolute atomic E-state index is 12.8. The average Bonchev–Trinajstić information content (AvgIpc) is 2.58. The third kappa shape index (κ3) is 2.40. The lowest BCUT2D eigenvalue weighted by molar-refractivity contribution is -0.138. The van der Waals surface area contributed by atoms with Crippen molar-refractivity contribution in [2.45, 2.75) is 26.9 Å². The maximum Gasteiger partial charge on any atom is 0.418 e. The van der Waals surface area contributed by atoms with Gasteiger partial charge >= 0.3 is 6.18 Å². The molecule has 0 unspecified atom stereocenters. The third-order valence-corrected chi connectivity index (χ3v) is 3.65. The fourth-order valence-corrected chi connectivity index (χ4v) is 2.22. The fraction of sp³-hybridized carbons (Fsp3) is 0.385. The SMILES string of the molecule is Cc1cc(C(F)(F)F)c(C)nc1-c1nn(C)c(C)c1Cl. The van der Waals surface area contributed by atoms with Gasteiger partial charge in [0.1, 0.15) is 5.69 Å². The second-order valence-corrected chi connectivity index (χ2v) is 5.03. The first-order valence-electron chi connectivity index (χ1n) is 5.87. The summed E-state index contributed by atoms with van der Waals surface area (Å²) in [6, 6.07) is 1.08. The summed E-state index contributed by atoms with van der Waals surface area (Å²) in [5, 5.41) is 4.62. The van der Waals surface area contributed by atoms with E-state index in [1.807, 2.05) is 0 Å². The van der Waals surface area contributed by atoms with Gasteiger partial charge in [0, 0.05) is 7.05 Å². The Morgan fingerprint density at radius 3 is 2.20 bits per heavy atom. The quantitative estimate of drug-likeness (QED) is 0.795. The normalized spacial score (nSPS) is 12.0. The molecule has 0 aromatic carbocycles. The van der Waals surface area contributed by atoms with Crippen molar-refractivity contribution < 1.29 is 13.2 Å². The van der Waals surface area contributed by atoms with Crippen molar-refractivity contribution in [1.82, 2.24) is 14.8 Å². The number of hydrogen-bond donors (Lipinski definition) is 0. The summed E-state index contributed by atoms with van der Waals surface area (Å²) in [6.45, 7) is 4.68. The number of aryl methyl sites for hydroxylation is 3.